The lowest BCUT2D eigenvalue weighted by Crippen LogP contribution is -2.41. The van der Waals surface area contributed by atoms with E-state index in [-0.39, 0.29) is 17.7 Å². The lowest BCUT2D eigenvalue weighted by molar-refractivity contribution is -0.123. The zero-order chi connectivity index (χ0) is 18.9. The second kappa shape index (κ2) is 9.02. The van der Waals surface area contributed by atoms with Gasteiger partial charge in [-0.25, -0.2) is 14.4 Å². The van der Waals surface area contributed by atoms with Crippen LogP contribution >= 0.6 is 0 Å². The number of rotatable bonds is 6. The van der Waals surface area contributed by atoms with E-state index in [9.17, 15) is 19.2 Å². The molecule has 136 valence electrons. The molecule has 26 heavy (non-hydrogen) atoms. The van der Waals surface area contributed by atoms with Crippen LogP contribution in [0, 0.1) is 0 Å². The van der Waals surface area contributed by atoms with Crippen LogP contribution in [0.2, 0.25) is 0 Å². The number of amides is 3. The van der Waals surface area contributed by atoms with Crippen LogP contribution in [0.25, 0.3) is 0 Å². The molecular weight excluding hydrogens is 344 g/mol. The molecule has 0 saturated carbocycles. The molecule has 1 aromatic carbocycles. The highest BCUT2D eigenvalue weighted by molar-refractivity contribution is 6.04. The molecule has 0 atom stereocenters. The smallest absolute Gasteiger partial charge is 0.339 e. The van der Waals surface area contributed by atoms with Gasteiger partial charge in [0.05, 0.1) is 31.0 Å². The van der Waals surface area contributed by atoms with Gasteiger partial charge in [-0.3, -0.25) is 10.1 Å². The average molecular weight is 360 g/mol. The van der Waals surface area contributed by atoms with Gasteiger partial charge in [-0.2, -0.15) is 0 Å². The monoisotopic (exact) mass is 360 g/mol. The van der Waals surface area contributed by atoms with E-state index in [1.54, 1.807) is 18.2 Å². The van der Waals surface area contributed by atoms with Crippen LogP contribution < -0.4 is 10.6 Å². The number of hydrogen-bond donors (Lipinski definition) is 2. The maximum atomic E-state index is 12.0. The fourth-order valence-corrected chi connectivity index (χ4v) is 1.95. The first-order chi connectivity index (χ1) is 12.5. The first-order valence-corrected chi connectivity index (χ1v) is 7.45. The summed E-state index contributed by atoms with van der Waals surface area (Å²) in [6.45, 7) is -0.596. The van der Waals surface area contributed by atoms with E-state index >= 15 is 0 Å². The van der Waals surface area contributed by atoms with Gasteiger partial charge in [0, 0.05) is 0 Å². The van der Waals surface area contributed by atoms with Gasteiger partial charge in [0.15, 0.2) is 6.61 Å². The second-order valence-electron chi connectivity index (χ2n) is 4.92. The van der Waals surface area contributed by atoms with Crippen molar-refractivity contribution in [3.05, 3.63) is 59.5 Å². The van der Waals surface area contributed by atoms with Gasteiger partial charge < -0.3 is 19.2 Å². The van der Waals surface area contributed by atoms with Gasteiger partial charge in [-0.05, 0) is 24.3 Å². The molecule has 1 heterocycles. The number of furan rings is 1. The summed E-state index contributed by atoms with van der Waals surface area (Å²) in [5.41, 5.74) is -0.0361. The Labute approximate surface area is 148 Å². The van der Waals surface area contributed by atoms with Gasteiger partial charge in [-0.15, -0.1) is 0 Å². The van der Waals surface area contributed by atoms with Gasteiger partial charge in [0.25, 0.3) is 5.91 Å². The third-order valence-corrected chi connectivity index (χ3v) is 3.14. The van der Waals surface area contributed by atoms with Crippen LogP contribution in [0.4, 0.5) is 4.79 Å². The highest BCUT2D eigenvalue weighted by Crippen LogP contribution is 2.11. The average Bonchev–Trinajstić information content (AvgIpc) is 3.17. The number of hydrogen-bond acceptors (Lipinski definition) is 7. The third-order valence-electron chi connectivity index (χ3n) is 3.14. The van der Waals surface area contributed by atoms with E-state index in [1.807, 2.05) is 5.32 Å². The maximum Gasteiger partial charge on any atom is 0.339 e. The van der Waals surface area contributed by atoms with Crippen molar-refractivity contribution in [2.75, 3.05) is 13.7 Å². The molecule has 2 rings (SSSR count). The zero-order valence-corrected chi connectivity index (χ0v) is 13.8. The van der Waals surface area contributed by atoms with Crippen molar-refractivity contribution < 1.29 is 33.1 Å². The minimum Gasteiger partial charge on any atom is -0.467 e. The van der Waals surface area contributed by atoms with Crippen molar-refractivity contribution in [3.8, 4) is 0 Å². The molecule has 0 unspecified atom stereocenters. The molecule has 0 saturated heterocycles. The van der Waals surface area contributed by atoms with Gasteiger partial charge in [-0.1, -0.05) is 12.1 Å². The van der Waals surface area contributed by atoms with E-state index in [0.717, 1.165) is 0 Å². The summed E-state index contributed by atoms with van der Waals surface area (Å²) in [7, 11) is 1.18. The molecule has 3 amide bonds. The second-order valence-corrected chi connectivity index (χ2v) is 4.92. The molecule has 9 heteroatoms. The molecule has 0 aliphatic rings. The van der Waals surface area contributed by atoms with E-state index in [2.05, 4.69) is 10.1 Å². The van der Waals surface area contributed by atoms with Crippen molar-refractivity contribution >= 4 is 23.9 Å². The molecule has 0 spiro atoms. The maximum absolute atomic E-state index is 12.0. The molecule has 2 N–H and O–H groups in total. The number of ether oxygens (including phenoxy) is 2. The Morgan fingerprint density at radius 3 is 2.31 bits per heavy atom. The molecule has 0 aliphatic carbocycles. The van der Waals surface area contributed by atoms with Crippen molar-refractivity contribution in [3.63, 3.8) is 0 Å². The Morgan fingerprint density at radius 1 is 1.00 bits per heavy atom. The number of methoxy groups -OCH3 is 1. The summed E-state index contributed by atoms with van der Waals surface area (Å²) in [5, 5.41) is 4.40. The minimum absolute atomic E-state index is 0.0107. The molecular formula is C17H16N2O7. The molecule has 1 aromatic heterocycles. The number of benzene rings is 1. The SMILES string of the molecule is COC(=O)c1ccccc1C(=O)OCC(=O)NC(=O)NCc1ccco1. The summed E-state index contributed by atoms with van der Waals surface area (Å²) < 4.78 is 14.4. The topological polar surface area (TPSA) is 124 Å². The summed E-state index contributed by atoms with van der Waals surface area (Å²) in [6, 6.07) is 8.39. The highest BCUT2D eigenvalue weighted by Gasteiger charge is 2.19. The van der Waals surface area contributed by atoms with Crippen LogP contribution in [0.5, 0.6) is 0 Å². The lowest BCUT2D eigenvalue weighted by Gasteiger charge is -2.09. The Hall–Kier alpha value is -3.62. The van der Waals surface area contributed by atoms with E-state index in [1.165, 1.54) is 31.6 Å². The van der Waals surface area contributed by atoms with Crippen LogP contribution in [0.1, 0.15) is 26.5 Å². The number of imide groups is 1. The standard InChI is InChI=1S/C17H16N2O7/c1-24-15(21)12-6-2-3-7-13(12)16(22)26-10-14(20)19-17(23)18-9-11-5-4-8-25-11/h2-8H,9-10H2,1H3,(H2,18,19,20,23). The van der Waals surface area contributed by atoms with Crippen molar-refractivity contribution in [2.24, 2.45) is 0 Å². The lowest BCUT2D eigenvalue weighted by atomic mass is 10.1. The predicted molar refractivity (Wildman–Crippen MR) is 87.2 cm³/mol. The van der Waals surface area contributed by atoms with E-state index in [4.69, 9.17) is 9.15 Å². The van der Waals surface area contributed by atoms with Crippen LogP contribution in [0.3, 0.4) is 0 Å². The van der Waals surface area contributed by atoms with Gasteiger partial charge in [0.2, 0.25) is 0 Å². The Bertz CT molecular complexity index is 799. The fourth-order valence-electron chi connectivity index (χ4n) is 1.95. The quantitative estimate of drug-likeness (QED) is 0.743. The van der Waals surface area contributed by atoms with E-state index < -0.39 is 30.5 Å². The molecule has 0 fully saturated rings. The summed E-state index contributed by atoms with van der Waals surface area (Å²) in [5.74, 6) is -1.92. The molecule has 0 bridgehead atoms. The molecule has 9 nitrogen and oxygen atoms in total. The number of esters is 2. The zero-order valence-electron chi connectivity index (χ0n) is 13.8. The third kappa shape index (κ3) is 5.20. The van der Waals surface area contributed by atoms with Crippen LogP contribution in [0.15, 0.2) is 47.1 Å². The number of carbonyl (C=O) groups is 4. The summed E-state index contributed by atoms with van der Waals surface area (Å²) in [4.78, 5) is 46.9. The summed E-state index contributed by atoms with van der Waals surface area (Å²) >= 11 is 0. The normalized spacial score (nSPS) is 9.88. The van der Waals surface area contributed by atoms with Crippen LogP contribution in [-0.2, 0) is 20.8 Å². The molecule has 2 aromatic rings. The Kier molecular flexibility index (Phi) is 6.49. The number of nitrogens with one attached hydrogen (secondary N) is 2. The highest BCUT2D eigenvalue weighted by atomic mass is 16.5. The molecule has 0 aliphatic heterocycles. The summed E-state index contributed by atoms with van der Waals surface area (Å²) in [6.07, 6.45) is 1.45. The largest absolute Gasteiger partial charge is 0.467 e. The van der Waals surface area contributed by atoms with Crippen molar-refractivity contribution in [2.45, 2.75) is 6.54 Å². The van der Waals surface area contributed by atoms with Gasteiger partial charge in [0.1, 0.15) is 5.76 Å². The minimum atomic E-state index is -0.892. The Morgan fingerprint density at radius 2 is 1.69 bits per heavy atom. The Balaban J connectivity index is 1.82. The number of urea groups is 1. The predicted octanol–water partition coefficient (Wildman–Crippen LogP) is 1.25. The van der Waals surface area contributed by atoms with Crippen molar-refractivity contribution in [1.82, 2.24) is 10.6 Å². The fraction of sp³-hybridized carbons (Fsp3) is 0.176. The van der Waals surface area contributed by atoms with Crippen molar-refractivity contribution in [1.29, 1.82) is 0 Å². The van der Waals surface area contributed by atoms with E-state index in [0.29, 0.717) is 5.76 Å². The number of carbonyl (C=O) groups excluding carboxylic acids is 4. The first-order valence-electron chi connectivity index (χ1n) is 7.45. The molecule has 0 radical (unpaired) electrons. The van der Waals surface area contributed by atoms with Gasteiger partial charge >= 0.3 is 18.0 Å². The van der Waals surface area contributed by atoms with Crippen LogP contribution in [-0.4, -0.2) is 37.6 Å². The first kappa shape index (κ1) is 18.7.